The average Bonchev–Trinajstić information content (AvgIpc) is 2.60. The minimum absolute atomic E-state index is 0.00770. The van der Waals surface area contributed by atoms with E-state index in [2.05, 4.69) is 14.2 Å². The topological polar surface area (TPSA) is 116 Å². The summed E-state index contributed by atoms with van der Waals surface area (Å²) in [6.07, 6.45) is -0.994. The van der Waals surface area contributed by atoms with E-state index in [1.54, 1.807) is 6.07 Å². The molecule has 8 nitrogen and oxygen atoms in total. The highest BCUT2D eigenvalue weighted by Crippen LogP contribution is 2.31. The first-order valence-electron chi connectivity index (χ1n) is 6.97. The van der Waals surface area contributed by atoms with Crippen molar-refractivity contribution in [1.29, 1.82) is 0 Å². The van der Waals surface area contributed by atoms with Crippen molar-refractivity contribution in [3.8, 4) is 0 Å². The Hall–Kier alpha value is -2.45. The Bertz CT molecular complexity index is 686. The van der Waals surface area contributed by atoms with Crippen LogP contribution in [-0.4, -0.2) is 55.7 Å². The van der Waals surface area contributed by atoms with Gasteiger partial charge in [-0.05, 0) is 12.1 Å². The van der Waals surface area contributed by atoms with E-state index in [0.29, 0.717) is 0 Å². The molecule has 0 saturated heterocycles. The van der Waals surface area contributed by atoms with E-state index in [-0.39, 0.29) is 10.6 Å². The molecule has 0 saturated carbocycles. The standard InChI is InChI=1S/C16H17ClO8/c1-23-11(18)8-16(22,15(21)25-3)12(14(20)24-2)13(19)9-6-4-5-7-10(9)17/h4-7,12,22H,8H2,1-3H3. The Morgan fingerprint density at radius 1 is 1.08 bits per heavy atom. The number of esters is 3. The van der Waals surface area contributed by atoms with Crippen molar-refractivity contribution in [1.82, 2.24) is 0 Å². The summed E-state index contributed by atoms with van der Waals surface area (Å²) in [5, 5.41) is 10.7. The summed E-state index contributed by atoms with van der Waals surface area (Å²) < 4.78 is 13.4. The van der Waals surface area contributed by atoms with E-state index < -0.39 is 41.6 Å². The molecule has 1 N–H and O–H groups in total. The predicted octanol–water partition coefficient (Wildman–Crippen LogP) is 0.779. The van der Waals surface area contributed by atoms with Gasteiger partial charge >= 0.3 is 17.9 Å². The van der Waals surface area contributed by atoms with E-state index in [4.69, 9.17) is 11.6 Å². The van der Waals surface area contributed by atoms with Crippen LogP contribution < -0.4 is 0 Å². The van der Waals surface area contributed by atoms with Crippen LogP contribution in [0.4, 0.5) is 0 Å². The molecule has 0 bridgehead atoms. The first-order chi connectivity index (χ1) is 11.7. The summed E-state index contributed by atoms with van der Waals surface area (Å²) in [5.74, 6) is -6.72. The van der Waals surface area contributed by atoms with Crippen LogP contribution in [0.5, 0.6) is 0 Å². The fraction of sp³-hybridized carbons (Fsp3) is 0.375. The highest BCUT2D eigenvalue weighted by Gasteiger charge is 2.55. The SMILES string of the molecule is COC(=O)CC(O)(C(=O)OC)C(C(=O)OC)C(=O)c1ccccc1Cl. The summed E-state index contributed by atoms with van der Waals surface area (Å²) in [6.45, 7) is 0. The van der Waals surface area contributed by atoms with Gasteiger partial charge < -0.3 is 19.3 Å². The van der Waals surface area contributed by atoms with E-state index in [0.717, 1.165) is 21.3 Å². The van der Waals surface area contributed by atoms with Crippen LogP contribution in [0.25, 0.3) is 0 Å². The lowest BCUT2D eigenvalue weighted by Gasteiger charge is -2.30. The summed E-state index contributed by atoms with van der Waals surface area (Å²) in [4.78, 5) is 48.7. The zero-order chi connectivity index (χ0) is 19.2. The molecule has 0 amide bonds. The average molecular weight is 373 g/mol. The number of carbonyl (C=O) groups is 4. The van der Waals surface area contributed by atoms with Gasteiger partial charge in [0.15, 0.2) is 17.3 Å². The lowest BCUT2D eigenvalue weighted by molar-refractivity contribution is -0.179. The van der Waals surface area contributed by atoms with Crippen molar-refractivity contribution in [2.45, 2.75) is 12.0 Å². The van der Waals surface area contributed by atoms with Crippen LogP contribution in [0.15, 0.2) is 24.3 Å². The number of halogens is 1. The second-order valence-corrected chi connectivity index (χ2v) is 5.38. The van der Waals surface area contributed by atoms with Crippen LogP contribution in [0.3, 0.4) is 0 Å². The van der Waals surface area contributed by atoms with Gasteiger partial charge in [-0.25, -0.2) is 4.79 Å². The molecule has 0 aliphatic heterocycles. The number of benzene rings is 1. The van der Waals surface area contributed by atoms with Gasteiger partial charge in [0.25, 0.3) is 0 Å². The van der Waals surface area contributed by atoms with Crippen molar-refractivity contribution in [2.75, 3.05) is 21.3 Å². The molecular weight excluding hydrogens is 356 g/mol. The highest BCUT2D eigenvalue weighted by atomic mass is 35.5. The van der Waals surface area contributed by atoms with Gasteiger partial charge in [0.2, 0.25) is 0 Å². The first kappa shape index (κ1) is 20.6. The summed E-state index contributed by atoms with van der Waals surface area (Å²) >= 11 is 5.95. The van der Waals surface area contributed by atoms with Gasteiger partial charge in [-0.2, -0.15) is 0 Å². The van der Waals surface area contributed by atoms with Crippen molar-refractivity contribution < 1.29 is 38.5 Å². The number of Topliss-reactive ketones (excluding diaryl/α,β-unsaturated/α-hetero) is 1. The van der Waals surface area contributed by atoms with Crippen molar-refractivity contribution in [3.05, 3.63) is 34.9 Å². The fourth-order valence-corrected chi connectivity index (χ4v) is 2.44. The van der Waals surface area contributed by atoms with Gasteiger partial charge in [0.1, 0.15) is 0 Å². The molecule has 1 rings (SSSR count). The Morgan fingerprint density at radius 3 is 2.16 bits per heavy atom. The maximum Gasteiger partial charge on any atom is 0.339 e. The Balaban J connectivity index is 3.50. The summed E-state index contributed by atoms with van der Waals surface area (Å²) in [5.41, 5.74) is -2.96. The zero-order valence-corrected chi connectivity index (χ0v) is 14.5. The van der Waals surface area contributed by atoms with E-state index in [1.807, 2.05) is 0 Å². The second-order valence-electron chi connectivity index (χ2n) is 4.97. The lowest BCUT2D eigenvalue weighted by Crippen LogP contribution is -2.55. The molecule has 1 aromatic carbocycles. The Kier molecular flexibility index (Phi) is 7.08. The quantitative estimate of drug-likeness (QED) is 0.323. The monoisotopic (exact) mass is 372 g/mol. The number of ketones is 1. The molecule has 0 aromatic heterocycles. The normalized spacial score (nSPS) is 14.0. The summed E-state index contributed by atoms with van der Waals surface area (Å²) in [6, 6.07) is 5.72. The molecule has 0 aliphatic rings. The molecule has 2 unspecified atom stereocenters. The molecule has 0 aliphatic carbocycles. The number of rotatable bonds is 7. The van der Waals surface area contributed by atoms with Crippen LogP contribution in [0, 0.1) is 5.92 Å². The lowest BCUT2D eigenvalue weighted by atomic mass is 9.79. The largest absolute Gasteiger partial charge is 0.469 e. The number of methoxy groups -OCH3 is 3. The third-order valence-corrected chi connectivity index (χ3v) is 3.83. The number of aliphatic hydroxyl groups is 1. The molecule has 0 spiro atoms. The molecule has 2 atom stereocenters. The molecular formula is C16H17ClO8. The van der Waals surface area contributed by atoms with Crippen LogP contribution in [0.2, 0.25) is 5.02 Å². The van der Waals surface area contributed by atoms with Gasteiger partial charge in [-0.1, -0.05) is 23.7 Å². The zero-order valence-electron chi connectivity index (χ0n) is 13.8. The van der Waals surface area contributed by atoms with Gasteiger partial charge in [-0.3, -0.25) is 14.4 Å². The number of ether oxygens (including phenoxy) is 3. The minimum atomic E-state index is -2.83. The third-order valence-electron chi connectivity index (χ3n) is 3.50. The minimum Gasteiger partial charge on any atom is -0.469 e. The molecule has 0 fully saturated rings. The van der Waals surface area contributed by atoms with E-state index in [9.17, 15) is 24.3 Å². The molecule has 136 valence electrons. The molecule has 0 heterocycles. The van der Waals surface area contributed by atoms with Gasteiger partial charge in [0, 0.05) is 5.56 Å². The van der Waals surface area contributed by atoms with Crippen LogP contribution in [-0.2, 0) is 28.6 Å². The third kappa shape index (κ3) is 4.34. The van der Waals surface area contributed by atoms with Crippen molar-refractivity contribution in [2.24, 2.45) is 5.92 Å². The van der Waals surface area contributed by atoms with Crippen molar-refractivity contribution >= 4 is 35.3 Å². The van der Waals surface area contributed by atoms with Crippen LogP contribution in [0.1, 0.15) is 16.8 Å². The smallest absolute Gasteiger partial charge is 0.339 e. The number of carbonyl (C=O) groups excluding carboxylic acids is 4. The molecule has 0 radical (unpaired) electrons. The van der Waals surface area contributed by atoms with Gasteiger partial charge in [-0.15, -0.1) is 0 Å². The van der Waals surface area contributed by atoms with E-state index in [1.165, 1.54) is 18.2 Å². The predicted molar refractivity (Wildman–Crippen MR) is 84.9 cm³/mol. The number of hydrogen-bond acceptors (Lipinski definition) is 8. The Labute approximate surface area is 148 Å². The van der Waals surface area contributed by atoms with E-state index >= 15 is 0 Å². The van der Waals surface area contributed by atoms with Crippen molar-refractivity contribution in [3.63, 3.8) is 0 Å². The molecule has 9 heteroatoms. The van der Waals surface area contributed by atoms with Gasteiger partial charge in [0.05, 0.1) is 32.8 Å². The maximum absolute atomic E-state index is 12.8. The second kappa shape index (κ2) is 8.59. The number of hydrogen-bond donors (Lipinski definition) is 1. The highest BCUT2D eigenvalue weighted by molar-refractivity contribution is 6.34. The maximum atomic E-state index is 12.8. The Morgan fingerprint density at radius 2 is 1.68 bits per heavy atom. The molecule has 25 heavy (non-hydrogen) atoms. The van der Waals surface area contributed by atoms with Crippen LogP contribution >= 0.6 is 11.6 Å². The molecule has 1 aromatic rings. The summed E-state index contributed by atoms with van der Waals surface area (Å²) in [7, 11) is 2.91. The fourth-order valence-electron chi connectivity index (χ4n) is 2.21. The first-order valence-corrected chi connectivity index (χ1v) is 7.34.